The second-order valence-corrected chi connectivity index (χ2v) is 7.94. The van der Waals surface area contributed by atoms with Crippen molar-refractivity contribution in [3.8, 4) is 0 Å². The fourth-order valence-corrected chi connectivity index (χ4v) is 4.53. The summed E-state index contributed by atoms with van der Waals surface area (Å²) < 4.78 is 7.17. The van der Waals surface area contributed by atoms with Gasteiger partial charge in [-0.2, -0.15) is 0 Å². The first kappa shape index (κ1) is 14.4. The maximum Gasteiger partial charge on any atom is 0.219 e. The molecule has 2 aliphatic rings. The van der Waals surface area contributed by atoms with Gasteiger partial charge in [-0.25, -0.2) is 4.98 Å². The fraction of sp³-hybridized carbons (Fsp3) is 0.500. The first-order chi connectivity index (χ1) is 11.8. The molecule has 0 spiro atoms. The number of rotatable bonds is 3. The van der Waals surface area contributed by atoms with Crippen molar-refractivity contribution in [2.45, 2.75) is 44.4 Å². The minimum Gasteiger partial charge on any atom is -0.425 e. The molecule has 5 rings (SSSR count). The van der Waals surface area contributed by atoms with Crippen LogP contribution in [-0.2, 0) is 0 Å². The number of hydrogen-bond donors (Lipinski definition) is 0. The zero-order chi connectivity index (χ0) is 16.1. The Labute approximate surface area is 144 Å². The zero-order valence-electron chi connectivity index (χ0n) is 13.7. The maximum atomic E-state index is 5.90. The molecule has 0 N–H and O–H groups in total. The van der Waals surface area contributed by atoms with E-state index in [1.807, 2.05) is 0 Å². The minimum absolute atomic E-state index is 0.400. The monoisotopic (exact) mass is 340 g/mol. The van der Waals surface area contributed by atoms with Gasteiger partial charge in [0, 0.05) is 24.9 Å². The molecule has 24 heavy (non-hydrogen) atoms. The number of benzene rings is 1. The Hall–Kier alpha value is -1.95. The van der Waals surface area contributed by atoms with Gasteiger partial charge in [0.2, 0.25) is 11.8 Å². The van der Waals surface area contributed by atoms with Crippen LogP contribution >= 0.6 is 11.3 Å². The van der Waals surface area contributed by atoms with E-state index in [1.165, 1.54) is 23.1 Å². The van der Waals surface area contributed by atoms with Gasteiger partial charge in [0.1, 0.15) is 0 Å². The lowest BCUT2D eigenvalue weighted by atomic mass is 9.97. The molecule has 1 aliphatic heterocycles. The van der Waals surface area contributed by atoms with E-state index >= 15 is 0 Å². The zero-order valence-corrected chi connectivity index (χ0v) is 14.6. The van der Waals surface area contributed by atoms with Crippen molar-refractivity contribution in [1.82, 2.24) is 15.2 Å². The van der Waals surface area contributed by atoms with Gasteiger partial charge in [0.05, 0.1) is 10.2 Å². The Morgan fingerprint density at radius 2 is 1.75 bits per heavy atom. The first-order valence-corrected chi connectivity index (χ1v) is 9.54. The summed E-state index contributed by atoms with van der Waals surface area (Å²) in [5.41, 5.74) is 2.40. The molecular formula is C18H20N4OS. The topological polar surface area (TPSA) is 55.1 Å². The minimum atomic E-state index is 0.400. The molecule has 0 radical (unpaired) electrons. The molecule has 0 atom stereocenters. The second-order valence-electron chi connectivity index (χ2n) is 6.93. The number of fused-ring (bicyclic) bond motifs is 1. The highest BCUT2D eigenvalue weighted by molar-refractivity contribution is 7.22. The van der Waals surface area contributed by atoms with Crippen LogP contribution in [0.4, 0.5) is 5.13 Å². The van der Waals surface area contributed by atoms with Gasteiger partial charge in [0.15, 0.2) is 5.13 Å². The predicted molar refractivity (Wildman–Crippen MR) is 94.8 cm³/mol. The third-order valence-electron chi connectivity index (χ3n) is 5.11. The van der Waals surface area contributed by atoms with Crippen molar-refractivity contribution in [3.05, 3.63) is 35.5 Å². The summed E-state index contributed by atoms with van der Waals surface area (Å²) in [4.78, 5) is 7.26. The van der Waals surface area contributed by atoms with Crippen molar-refractivity contribution >= 4 is 26.7 Å². The first-order valence-electron chi connectivity index (χ1n) is 8.72. The Morgan fingerprint density at radius 3 is 2.42 bits per heavy atom. The predicted octanol–water partition coefficient (Wildman–Crippen LogP) is 4.25. The average Bonchev–Trinajstić information content (AvgIpc) is 3.17. The van der Waals surface area contributed by atoms with Crippen LogP contribution in [0.1, 0.15) is 54.9 Å². The van der Waals surface area contributed by atoms with Gasteiger partial charge < -0.3 is 9.32 Å². The number of anilines is 1. The molecule has 2 aromatic heterocycles. The molecule has 0 amide bonds. The standard InChI is InChI=1S/C18H20N4OS/c1-11-3-2-4-14-15(11)19-18(24-14)22-9-7-13(8-10-22)17-21-20-16(23-17)12-5-6-12/h2-4,12-13H,5-10H2,1H3. The van der Waals surface area contributed by atoms with E-state index < -0.39 is 0 Å². The van der Waals surface area contributed by atoms with Gasteiger partial charge in [-0.3, -0.25) is 0 Å². The highest BCUT2D eigenvalue weighted by Crippen LogP contribution is 2.40. The van der Waals surface area contributed by atoms with E-state index in [1.54, 1.807) is 11.3 Å². The molecule has 1 aliphatic carbocycles. The van der Waals surface area contributed by atoms with Crippen LogP contribution in [0.15, 0.2) is 22.6 Å². The number of aromatic nitrogens is 3. The highest BCUT2D eigenvalue weighted by atomic mass is 32.1. The summed E-state index contributed by atoms with van der Waals surface area (Å²) in [6, 6.07) is 6.40. The third-order valence-corrected chi connectivity index (χ3v) is 6.19. The molecule has 1 aromatic carbocycles. The van der Waals surface area contributed by atoms with Crippen molar-refractivity contribution in [2.24, 2.45) is 0 Å². The summed E-state index contributed by atoms with van der Waals surface area (Å²) in [6.45, 7) is 4.14. The number of piperidine rings is 1. The third kappa shape index (κ3) is 2.49. The van der Waals surface area contributed by atoms with E-state index in [0.717, 1.165) is 48.4 Å². The number of nitrogens with zero attached hydrogens (tertiary/aromatic N) is 4. The molecule has 0 unspecified atom stereocenters. The molecule has 5 nitrogen and oxygen atoms in total. The van der Waals surface area contributed by atoms with Gasteiger partial charge in [0.25, 0.3) is 0 Å². The van der Waals surface area contributed by atoms with E-state index in [2.05, 4.69) is 40.2 Å². The van der Waals surface area contributed by atoms with E-state index in [-0.39, 0.29) is 0 Å². The smallest absolute Gasteiger partial charge is 0.219 e. The Morgan fingerprint density at radius 1 is 1.04 bits per heavy atom. The lowest BCUT2D eigenvalue weighted by Crippen LogP contribution is -2.32. The summed E-state index contributed by atoms with van der Waals surface area (Å²) in [6.07, 6.45) is 4.52. The van der Waals surface area contributed by atoms with Crippen LogP contribution in [0.25, 0.3) is 10.2 Å². The summed E-state index contributed by atoms with van der Waals surface area (Å²) in [7, 11) is 0. The molecule has 1 saturated carbocycles. The van der Waals surface area contributed by atoms with Gasteiger partial charge in [-0.05, 0) is 44.2 Å². The second kappa shape index (κ2) is 5.55. The van der Waals surface area contributed by atoms with Crippen LogP contribution < -0.4 is 4.90 Å². The van der Waals surface area contributed by atoms with E-state index in [0.29, 0.717) is 11.8 Å². The SMILES string of the molecule is Cc1cccc2sc(N3CCC(c4nnc(C5CC5)o4)CC3)nc12. The number of para-hydroxylation sites is 1. The van der Waals surface area contributed by atoms with Crippen LogP contribution in [0, 0.1) is 6.92 Å². The average molecular weight is 340 g/mol. The maximum absolute atomic E-state index is 5.90. The normalized spacial score (nSPS) is 19.3. The fourth-order valence-electron chi connectivity index (χ4n) is 3.43. The van der Waals surface area contributed by atoms with Crippen LogP contribution in [0.2, 0.25) is 0 Å². The van der Waals surface area contributed by atoms with Gasteiger partial charge in [-0.1, -0.05) is 23.5 Å². The van der Waals surface area contributed by atoms with E-state index in [4.69, 9.17) is 9.40 Å². The Kier molecular flexibility index (Phi) is 3.33. The lowest BCUT2D eigenvalue weighted by Gasteiger charge is -2.30. The van der Waals surface area contributed by atoms with Gasteiger partial charge in [-0.15, -0.1) is 10.2 Å². The molecule has 1 saturated heterocycles. The van der Waals surface area contributed by atoms with Crippen molar-refractivity contribution in [1.29, 1.82) is 0 Å². The van der Waals surface area contributed by atoms with E-state index in [9.17, 15) is 0 Å². The van der Waals surface area contributed by atoms with Crippen LogP contribution in [0.5, 0.6) is 0 Å². The van der Waals surface area contributed by atoms with Crippen LogP contribution in [-0.4, -0.2) is 28.3 Å². The summed E-state index contributed by atoms with van der Waals surface area (Å²) in [5.74, 6) is 2.64. The Balaban J connectivity index is 1.30. The number of thiazole rings is 1. The molecular weight excluding hydrogens is 320 g/mol. The highest BCUT2D eigenvalue weighted by Gasteiger charge is 2.32. The van der Waals surface area contributed by atoms with Crippen molar-refractivity contribution in [3.63, 3.8) is 0 Å². The van der Waals surface area contributed by atoms with Crippen LogP contribution in [0.3, 0.4) is 0 Å². The summed E-state index contributed by atoms with van der Waals surface area (Å²) in [5, 5.41) is 9.67. The molecule has 3 heterocycles. The lowest BCUT2D eigenvalue weighted by molar-refractivity contribution is 0.376. The summed E-state index contributed by atoms with van der Waals surface area (Å²) >= 11 is 1.79. The molecule has 2 fully saturated rings. The molecule has 0 bridgehead atoms. The van der Waals surface area contributed by atoms with Crippen molar-refractivity contribution < 1.29 is 4.42 Å². The molecule has 124 valence electrons. The number of hydrogen-bond acceptors (Lipinski definition) is 6. The quantitative estimate of drug-likeness (QED) is 0.713. The molecule has 6 heteroatoms. The van der Waals surface area contributed by atoms with Crippen molar-refractivity contribution in [2.75, 3.05) is 18.0 Å². The Bertz CT molecular complexity index is 874. The number of aryl methyl sites for hydroxylation is 1. The molecule has 3 aromatic rings. The largest absolute Gasteiger partial charge is 0.425 e. The van der Waals surface area contributed by atoms with Gasteiger partial charge >= 0.3 is 0 Å².